The molecule has 2 aromatic rings. The number of benzene rings is 2. The molecule has 8 heteroatoms. The number of rotatable bonds is 4. The summed E-state index contributed by atoms with van der Waals surface area (Å²) in [6.45, 7) is 2.52. The maximum absolute atomic E-state index is 12.6. The second-order valence-electron chi connectivity index (χ2n) is 6.51. The van der Waals surface area contributed by atoms with Gasteiger partial charge in [-0.3, -0.25) is 9.59 Å². The van der Waals surface area contributed by atoms with Crippen LogP contribution in [-0.2, 0) is 9.59 Å². The largest absolute Gasteiger partial charge is 0.353 e. The Balaban J connectivity index is 1.67. The third kappa shape index (κ3) is 4.80. The molecule has 4 amide bonds. The first kappa shape index (κ1) is 19.7. The van der Waals surface area contributed by atoms with Crippen molar-refractivity contribution in [2.24, 2.45) is 0 Å². The number of carbonyl (C=O) groups is 3. The van der Waals surface area contributed by atoms with Gasteiger partial charge < -0.3 is 20.9 Å². The van der Waals surface area contributed by atoms with Gasteiger partial charge in [0.15, 0.2) is 0 Å². The number of halogens is 1. The predicted molar refractivity (Wildman–Crippen MR) is 108 cm³/mol. The van der Waals surface area contributed by atoms with Crippen molar-refractivity contribution in [3.05, 3.63) is 59.1 Å². The molecule has 1 aliphatic rings. The van der Waals surface area contributed by atoms with E-state index >= 15 is 0 Å². The Labute approximate surface area is 168 Å². The molecule has 3 N–H and O–H groups in total. The zero-order chi connectivity index (χ0) is 20.1. The molecule has 1 saturated heterocycles. The Morgan fingerprint density at radius 1 is 1.14 bits per heavy atom. The van der Waals surface area contributed by atoms with Gasteiger partial charge in [0.2, 0.25) is 11.8 Å². The van der Waals surface area contributed by atoms with Gasteiger partial charge in [-0.05, 0) is 36.8 Å². The minimum absolute atomic E-state index is 0.153. The van der Waals surface area contributed by atoms with Crippen LogP contribution in [0.2, 0.25) is 5.02 Å². The number of hydrogen-bond donors (Lipinski definition) is 3. The molecule has 0 radical (unpaired) electrons. The Morgan fingerprint density at radius 2 is 1.89 bits per heavy atom. The lowest BCUT2D eigenvalue weighted by Gasteiger charge is -2.34. The summed E-state index contributed by atoms with van der Waals surface area (Å²) in [4.78, 5) is 38.8. The molecule has 0 bridgehead atoms. The molecule has 0 aliphatic carbocycles. The normalized spacial score (nSPS) is 16.3. The summed E-state index contributed by atoms with van der Waals surface area (Å²) in [5.74, 6) is -0.731. The lowest BCUT2D eigenvalue weighted by Crippen LogP contribution is -2.59. The zero-order valence-corrected chi connectivity index (χ0v) is 16.1. The van der Waals surface area contributed by atoms with Crippen LogP contribution in [0.4, 0.5) is 16.2 Å². The number of hydrogen-bond acceptors (Lipinski definition) is 3. The van der Waals surface area contributed by atoms with Gasteiger partial charge in [-0.15, -0.1) is 0 Å². The van der Waals surface area contributed by atoms with Gasteiger partial charge in [-0.25, -0.2) is 4.79 Å². The number of anilines is 2. The Bertz CT molecular complexity index is 888. The molecule has 0 aromatic heterocycles. The number of para-hydroxylation sites is 1. The average molecular weight is 401 g/mol. The fourth-order valence-corrected chi connectivity index (χ4v) is 3.12. The topological polar surface area (TPSA) is 90.5 Å². The molecule has 0 unspecified atom stereocenters. The van der Waals surface area contributed by atoms with E-state index in [1.165, 1.54) is 4.90 Å². The summed E-state index contributed by atoms with van der Waals surface area (Å²) in [5, 5.41) is 8.73. The van der Waals surface area contributed by atoms with Gasteiger partial charge in [0, 0.05) is 29.5 Å². The standard InChI is InChI=1S/C20H21ClN4O3/c1-13-7-8-15(11-16(13)21)23-18(26)12-17-19(27)22-9-10-25(17)20(28)24-14-5-3-2-4-6-14/h2-8,11,17H,9-10,12H2,1H3,(H,22,27)(H,23,26)(H,24,28)/t17-/m0/s1. The highest BCUT2D eigenvalue weighted by Crippen LogP contribution is 2.21. The monoisotopic (exact) mass is 400 g/mol. The molecule has 0 saturated carbocycles. The molecule has 3 rings (SSSR count). The third-order valence-corrected chi connectivity index (χ3v) is 4.86. The number of amides is 4. The first-order valence-corrected chi connectivity index (χ1v) is 9.28. The van der Waals surface area contributed by atoms with Crippen molar-refractivity contribution in [3.63, 3.8) is 0 Å². The van der Waals surface area contributed by atoms with E-state index in [4.69, 9.17) is 11.6 Å². The van der Waals surface area contributed by atoms with Crippen LogP contribution in [0.15, 0.2) is 48.5 Å². The van der Waals surface area contributed by atoms with Gasteiger partial charge in [-0.1, -0.05) is 35.9 Å². The first-order chi connectivity index (χ1) is 13.4. The van der Waals surface area contributed by atoms with E-state index in [2.05, 4.69) is 16.0 Å². The Morgan fingerprint density at radius 3 is 2.61 bits per heavy atom. The van der Waals surface area contributed by atoms with Crippen molar-refractivity contribution in [3.8, 4) is 0 Å². The number of nitrogens with one attached hydrogen (secondary N) is 3. The molecule has 1 heterocycles. The quantitative estimate of drug-likeness (QED) is 0.736. The van der Waals surface area contributed by atoms with Crippen LogP contribution in [0, 0.1) is 6.92 Å². The van der Waals surface area contributed by atoms with E-state index in [0.29, 0.717) is 29.5 Å². The smallest absolute Gasteiger partial charge is 0.322 e. The van der Waals surface area contributed by atoms with Crippen LogP contribution in [0.3, 0.4) is 0 Å². The van der Waals surface area contributed by atoms with Crippen LogP contribution in [0.1, 0.15) is 12.0 Å². The summed E-state index contributed by atoms with van der Waals surface area (Å²) < 4.78 is 0. The molecule has 1 fully saturated rings. The molecular weight excluding hydrogens is 380 g/mol. The highest BCUT2D eigenvalue weighted by atomic mass is 35.5. The summed E-state index contributed by atoms with van der Waals surface area (Å²) in [6.07, 6.45) is -0.153. The minimum Gasteiger partial charge on any atom is -0.353 e. The molecular formula is C20H21ClN4O3. The van der Waals surface area contributed by atoms with Crippen molar-refractivity contribution >= 4 is 40.8 Å². The van der Waals surface area contributed by atoms with Crippen molar-refractivity contribution < 1.29 is 14.4 Å². The minimum atomic E-state index is -0.890. The maximum Gasteiger partial charge on any atom is 0.322 e. The summed E-state index contributed by atoms with van der Waals surface area (Å²) in [6, 6.07) is 12.8. The highest BCUT2D eigenvalue weighted by Gasteiger charge is 2.34. The van der Waals surface area contributed by atoms with Crippen LogP contribution < -0.4 is 16.0 Å². The fraction of sp³-hybridized carbons (Fsp3) is 0.250. The second-order valence-corrected chi connectivity index (χ2v) is 6.92. The molecule has 1 atom stereocenters. The number of nitrogens with zero attached hydrogens (tertiary/aromatic N) is 1. The highest BCUT2D eigenvalue weighted by molar-refractivity contribution is 6.31. The SMILES string of the molecule is Cc1ccc(NC(=O)C[C@H]2C(=O)NCCN2C(=O)Nc2ccccc2)cc1Cl. The van der Waals surface area contributed by atoms with Crippen molar-refractivity contribution in [1.82, 2.24) is 10.2 Å². The van der Waals surface area contributed by atoms with Crippen LogP contribution in [0.25, 0.3) is 0 Å². The van der Waals surface area contributed by atoms with Crippen molar-refractivity contribution in [2.75, 3.05) is 23.7 Å². The summed E-state index contributed by atoms with van der Waals surface area (Å²) >= 11 is 6.08. The maximum atomic E-state index is 12.6. The number of urea groups is 1. The lowest BCUT2D eigenvalue weighted by atomic mass is 10.1. The van der Waals surface area contributed by atoms with Gasteiger partial charge in [0.05, 0.1) is 6.42 Å². The van der Waals surface area contributed by atoms with Crippen LogP contribution in [-0.4, -0.2) is 41.9 Å². The van der Waals surface area contributed by atoms with E-state index in [0.717, 1.165) is 5.56 Å². The van der Waals surface area contributed by atoms with Crippen molar-refractivity contribution in [2.45, 2.75) is 19.4 Å². The number of piperazine rings is 1. The molecule has 28 heavy (non-hydrogen) atoms. The number of aryl methyl sites for hydroxylation is 1. The lowest BCUT2D eigenvalue weighted by molar-refractivity contribution is -0.130. The Kier molecular flexibility index (Phi) is 6.16. The molecule has 146 valence electrons. The van der Waals surface area contributed by atoms with Crippen molar-refractivity contribution in [1.29, 1.82) is 0 Å². The first-order valence-electron chi connectivity index (χ1n) is 8.90. The fourth-order valence-electron chi connectivity index (χ4n) is 2.94. The summed E-state index contributed by atoms with van der Waals surface area (Å²) in [7, 11) is 0. The van der Waals surface area contributed by atoms with E-state index in [1.54, 1.807) is 42.5 Å². The molecule has 7 nitrogen and oxygen atoms in total. The molecule has 2 aromatic carbocycles. The van der Waals surface area contributed by atoms with Gasteiger partial charge in [-0.2, -0.15) is 0 Å². The van der Waals surface area contributed by atoms with Gasteiger partial charge >= 0.3 is 6.03 Å². The number of carbonyl (C=O) groups excluding carboxylic acids is 3. The summed E-state index contributed by atoms with van der Waals surface area (Å²) in [5.41, 5.74) is 2.06. The third-order valence-electron chi connectivity index (χ3n) is 4.45. The van der Waals surface area contributed by atoms with E-state index in [-0.39, 0.29) is 18.2 Å². The van der Waals surface area contributed by atoms with E-state index in [1.807, 2.05) is 13.0 Å². The van der Waals surface area contributed by atoms with Crippen LogP contribution in [0.5, 0.6) is 0 Å². The van der Waals surface area contributed by atoms with Gasteiger partial charge in [0.25, 0.3) is 0 Å². The zero-order valence-electron chi connectivity index (χ0n) is 15.4. The van der Waals surface area contributed by atoms with Gasteiger partial charge in [0.1, 0.15) is 6.04 Å². The average Bonchev–Trinajstić information content (AvgIpc) is 2.67. The second kappa shape index (κ2) is 8.75. The predicted octanol–water partition coefficient (Wildman–Crippen LogP) is 3.01. The molecule has 0 spiro atoms. The van der Waals surface area contributed by atoms with E-state index < -0.39 is 12.1 Å². The Hall–Kier alpha value is -3.06. The van der Waals surface area contributed by atoms with Crippen LogP contribution >= 0.6 is 11.6 Å². The molecule has 1 aliphatic heterocycles. The van der Waals surface area contributed by atoms with E-state index in [9.17, 15) is 14.4 Å².